The van der Waals surface area contributed by atoms with Crippen molar-refractivity contribution in [3.05, 3.63) is 81.8 Å². The molecule has 2 aromatic heterocycles. The van der Waals surface area contributed by atoms with Gasteiger partial charge >= 0.3 is 0 Å². The summed E-state index contributed by atoms with van der Waals surface area (Å²) in [6, 6.07) is 17.0. The number of hydrogen-bond donors (Lipinski definition) is 1. The molecule has 0 atom stereocenters. The van der Waals surface area contributed by atoms with Crippen molar-refractivity contribution in [3.8, 4) is 6.07 Å². The SMILES string of the molecule is N#C/C(=C\c1c(N2CCOCC2)nc2ccccn2c1=O)C(=O)NCCc1ccccc1. The van der Waals surface area contributed by atoms with Crippen LogP contribution in [0.3, 0.4) is 0 Å². The second-order valence-electron chi connectivity index (χ2n) is 7.34. The Labute approximate surface area is 185 Å². The van der Waals surface area contributed by atoms with E-state index in [1.807, 2.05) is 41.3 Å². The van der Waals surface area contributed by atoms with E-state index in [1.165, 1.54) is 10.5 Å². The predicted octanol–water partition coefficient (Wildman–Crippen LogP) is 1.80. The Morgan fingerprint density at radius 2 is 1.91 bits per heavy atom. The zero-order chi connectivity index (χ0) is 22.3. The third kappa shape index (κ3) is 4.68. The van der Waals surface area contributed by atoms with Gasteiger partial charge in [0.15, 0.2) is 0 Å². The van der Waals surface area contributed by atoms with E-state index in [1.54, 1.807) is 24.4 Å². The summed E-state index contributed by atoms with van der Waals surface area (Å²) >= 11 is 0. The third-order valence-electron chi connectivity index (χ3n) is 5.26. The average molecular weight is 429 g/mol. The number of nitrogens with zero attached hydrogens (tertiary/aromatic N) is 4. The normalized spacial score (nSPS) is 14.2. The minimum absolute atomic E-state index is 0.137. The number of amides is 1. The Morgan fingerprint density at radius 3 is 2.66 bits per heavy atom. The summed E-state index contributed by atoms with van der Waals surface area (Å²) in [5.74, 6) is -0.0664. The molecule has 0 saturated carbocycles. The predicted molar refractivity (Wildman–Crippen MR) is 121 cm³/mol. The van der Waals surface area contributed by atoms with Gasteiger partial charge in [-0.3, -0.25) is 14.0 Å². The maximum absolute atomic E-state index is 13.2. The highest BCUT2D eigenvalue weighted by Gasteiger charge is 2.21. The molecule has 32 heavy (non-hydrogen) atoms. The number of carbonyl (C=O) groups is 1. The Kier molecular flexibility index (Phi) is 6.58. The number of fused-ring (bicyclic) bond motifs is 1. The van der Waals surface area contributed by atoms with Gasteiger partial charge < -0.3 is 15.0 Å². The molecule has 1 aliphatic rings. The molecule has 3 aromatic rings. The Bertz CT molecular complexity index is 1240. The fourth-order valence-electron chi connectivity index (χ4n) is 3.59. The number of anilines is 1. The van der Waals surface area contributed by atoms with Crippen molar-refractivity contribution in [2.24, 2.45) is 0 Å². The molecule has 1 saturated heterocycles. The summed E-state index contributed by atoms with van der Waals surface area (Å²) in [5, 5.41) is 12.4. The highest BCUT2D eigenvalue weighted by molar-refractivity contribution is 6.02. The van der Waals surface area contributed by atoms with Crippen LogP contribution < -0.4 is 15.8 Å². The topological polar surface area (TPSA) is 99.7 Å². The molecule has 4 rings (SSSR count). The number of nitrogens with one attached hydrogen (secondary N) is 1. The Hall–Kier alpha value is -3.96. The smallest absolute Gasteiger partial charge is 0.267 e. The van der Waals surface area contributed by atoms with Gasteiger partial charge in [0.25, 0.3) is 11.5 Å². The van der Waals surface area contributed by atoms with Gasteiger partial charge in [-0.25, -0.2) is 4.98 Å². The Balaban J connectivity index is 1.65. The summed E-state index contributed by atoms with van der Waals surface area (Å²) < 4.78 is 6.83. The molecule has 1 amide bonds. The van der Waals surface area contributed by atoms with Crippen LogP contribution in [0.5, 0.6) is 0 Å². The van der Waals surface area contributed by atoms with E-state index < -0.39 is 5.91 Å². The summed E-state index contributed by atoms with van der Waals surface area (Å²) in [5.41, 5.74) is 1.33. The molecule has 1 fully saturated rings. The molecular weight excluding hydrogens is 406 g/mol. The zero-order valence-corrected chi connectivity index (χ0v) is 17.5. The molecule has 0 bridgehead atoms. The molecule has 1 N–H and O–H groups in total. The van der Waals surface area contributed by atoms with Gasteiger partial charge in [-0.05, 0) is 30.2 Å². The van der Waals surface area contributed by atoms with Crippen LogP contribution in [0.1, 0.15) is 11.1 Å². The fourth-order valence-corrected chi connectivity index (χ4v) is 3.59. The van der Waals surface area contributed by atoms with Crippen LogP contribution in [0.25, 0.3) is 11.7 Å². The second-order valence-corrected chi connectivity index (χ2v) is 7.34. The first-order valence-electron chi connectivity index (χ1n) is 10.5. The van der Waals surface area contributed by atoms with E-state index in [2.05, 4.69) is 10.3 Å². The lowest BCUT2D eigenvalue weighted by Crippen LogP contribution is -2.38. The molecule has 3 heterocycles. The molecule has 162 valence electrons. The first-order valence-corrected chi connectivity index (χ1v) is 10.5. The van der Waals surface area contributed by atoms with E-state index >= 15 is 0 Å². The van der Waals surface area contributed by atoms with Crippen molar-refractivity contribution in [2.75, 3.05) is 37.7 Å². The van der Waals surface area contributed by atoms with E-state index in [-0.39, 0.29) is 16.7 Å². The van der Waals surface area contributed by atoms with Crippen LogP contribution in [0.4, 0.5) is 5.82 Å². The zero-order valence-electron chi connectivity index (χ0n) is 17.5. The van der Waals surface area contributed by atoms with Crippen molar-refractivity contribution < 1.29 is 9.53 Å². The lowest BCUT2D eigenvalue weighted by molar-refractivity contribution is -0.117. The summed E-state index contributed by atoms with van der Waals surface area (Å²) in [4.78, 5) is 32.5. The first-order chi connectivity index (χ1) is 15.7. The lowest BCUT2D eigenvalue weighted by atomic mass is 10.1. The quantitative estimate of drug-likeness (QED) is 0.474. The molecule has 0 unspecified atom stereocenters. The number of ether oxygens (including phenoxy) is 1. The van der Waals surface area contributed by atoms with E-state index in [9.17, 15) is 14.9 Å². The number of nitriles is 1. The number of benzene rings is 1. The minimum Gasteiger partial charge on any atom is -0.378 e. The third-order valence-corrected chi connectivity index (χ3v) is 5.26. The van der Waals surface area contributed by atoms with Crippen molar-refractivity contribution in [1.29, 1.82) is 5.26 Å². The number of pyridine rings is 1. The number of hydrogen-bond acceptors (Lipinski definition) is 6. The van der Waals surface area contributed by atoms with Crippen LogP contribution in [0.2, 0.25) is 0 Å². The van der Waals surface area contributed by atoms with E-state index in [4.69, 9.17) is 4.74 Å². The molecular formula is C24H23N5O3. The first kappa shape index (κ1) is 21.3. The highest BCUT2D eigenvalue weighted by atomic mass is 16.5. The standard InChI is InChI=1S/C24H23N5O3/c25-17-19(23(30)26-10-9-18-6-2-1-3-7-18)16-20-22(28-12-14-32-15-13-28)27-21-8-4-5-11-29(21)24(20)31/h1-8,11,16H,9-10,12-15H2,(H,26,30)/b19-16+. The summed E-state index contributed by atoms with van der Waals surface area (Å²) in [6.45, 7) is 2.56. The number of rotatable bonds is 6. The van der Waals surface area contributed by atoms with Gasteiger partial charge in [-0.1, -0.05) is 36.4 Å². The van der Waals surface area contributed by atoms with Gasteiger partial charge in [0, 0.05) is 25.8 Å². The van der Waals surface area contributed by atoms with Crippen LogP contribution in [0.15, 0.2) is 65.1 Å². The van der Waals surface area contributed by atoms with Crippen molar-refractivity contribution in [2.45, 2.75) is 6.42 Å². The van der Waals surface area contributed by atoms with Crippen molar-refractivity contribution in [3.63, 3.8) is 0 Å². The maximum atomic E-state index is 13.2. The van der Waals surface area contributed by atoms with Gasteiger partial charge in [0.05, 0.1) is 18.8 Å². The average Bonchev–Trinajstić information content (AvgIpc) is 2.84. The van der Waals surface area contributed by atoms with Gasteiger partial charge in [0.1, 0.15) is 23.1 Å². The highest BCUT2D eigenvalue weighted by Crippen LogP contribution is 2.20. The summed E-state index contributed by atoms with van der Waals surface area (Å²) in [7, 11) is 0. The van der Waals surface area contributed by atoms with Crippen LogP contribution in [-0.2, 0) is 16.0 Å². The largest absolute Gasteiger partial charge is 0.378 e. The van der Waals surface area contributed by atoms with Crippen molar-refractivity contribution in [1.82, 2.24) is 14.7 Å². The van der Waals surface area contributed by atoms with Crippen LogP contribution in [-0.4, -0.2) is 48.1 Å². The number of morpholine rings is 1. The molecule has 1 aliphatic heterocycles. The fraction of sp³-hybridized carbons (Fsp3) is 0.250. The second kappa shape index (κ2) is 9.90. The molecule has 0 spiro atoms. The van der Waals surface area contributed by atoms with Gasteiger partial charge in [-0.15, -0.1) is 0 Å². The van der Waals surface area contributed by atoms with E-state index in [0.29, 0.717) is 50.7 Å². The molecule has 1 aromatic carbocycles. The number of carbonyl (C=O) groups excluding carboxylic acids is 1. The Morgan fingerprint density at radius 1 is 1.16 bits per heavy atom. The molecule has 0 aliphatic carbocycles. The van der Waals surface area contributed by atoms with Crippen molar-refractivity contribution >= 4 is 23.4 Å². The monoisotopic (exact) mass is 429 g/mol. The molecule has 0 radical (unpaired) electrons. The molecule has 8 heteroatoms. The molecule has 8 nitrogen and oxygen atoms in total. The van der Waals surface area contributed by atoms with Crippen LogP contribution >= 0.6 is 0 Å². The van der Waals surface area contributed by atoms with Gasteiger partial charge in [0.2, 0.25) is 0 Å². The minimum atomic E-state index is -0.520. The van der Waals surface area contributed by atoms with Crippen LogP contribution in [0, 0.1) is 11.3 Å². The lowest BCUT2D eigenvalue weighted by Gasteiger charge is -2.29. The summed E-state index contributed by atoms with van der Waals surface area (Å²) in [6.07, 6.45) is 3.61. The van der Waals surface area contributed by atoms with Gasteiger partial charge in [-0.2, -0.15) is 5.26 Å². The van der Waals surface area contributed by atoms with E-state index in [0.717, 1.165) is 5.56 Å². The maximum Gasteiger partial charge on any atom is 0.267 e. The number of aromatic nitrogens is 2.